The minimum absolute atomic E-state index is 0.0757. The number of carboxylic acids is 1. The van der Waals surface area contributed by atoms with E-state index in [-0.39, 0.29) is 18.5 Å². The molecule has 7 heteroatoms. The van der Waals surface area contributed by atoms with Crippen LogP contribution in [0.1, 0.15) is 26.2 Å². The number of urea groups is 1. The molecule has 0 radical (unpaired) electrons. The predicted octanol–water partition coefficient (Wildman–Crippen LogP) is 0.0987. The van der Waals surface area contributed by atoms with Crippen LogP contribution in [0.4, 0.5) is 4.79 Å². The lowest BCUT2D eigenvalue weighted by atomic mass is 9.99. The molecule has 3 unspecified atom stereocenters. The summed E-state index contributed by atoms with van der Waals surface area (Å²) in [6.45, 7) is 2.96. The van der Waals surface area contributed by atoms with Crippen molar-refractivity contribution < 1.29 is 19.5 Å². The van der Waals surface area contributed by atoms with Gasteiger partial charge in [0.1, 0.15) is 6.04 Å². The number of primary amides is 1. The number of aliphatic carboxylic acids is 1. The molecule has 0 bridgehead atoms. The van der Waals surface area contributed by atoms with Gasteiger partial charge in [0.25, 0.3) is 0 Å². The van der Waals surface area contributed by atoms with E-state index in [0.29, 0.717) is 19.5 Å². The first-order chi connectivity index (χ1) is 9.41. The smallest absolute Gasteiger partial charge is 0.320 e. The maximum atomic E-state index is 12.5. The van der Waals surface area contributed by atoms with E-state index in [2.05, 4.69) is 0 Å². The molecule has 0 saturated carbocycles. The van der Waals surface area contributed by atoms with Crippen molar-refractivity contribution in [2.75, 3.05) is 19.6 Å². The van der Waals surface area contributed by atoms with E-state index in [1.807, 2.05) is 6.92 Å². The number of carboxylic acid groups (broad SMARTS) is 1. The van der Waals surface area contributed by atoms with Crippen molar-refractivity contribution in [3.05, 3.63) is 0 Å². The molecule has 3 amide bonds. The van der Waals surface area contributed by atoms with Crippen molar-refractivity contribution in [1.29, 1.82) is 0 Å². The summed E-state index contributed by atoms with van der Waals surface area (Å²) >= 11 is 0. The van der Waals surface area contributed by atoms with Gasteiger partial charge in [-0.3, -0.25) is 9.59 Å². The number of rotatable bonds is 2. The Bertz CT molecular complexity index is 426. The molecule has 7 nitrogen and oxygen atoms in total. The van der Waals surface area contributed by atoms with Gasteiger partial charge in [-0.2, -0.15) is 0 Å². The van der Waals surface area contributed by atoms with Crippen molar-refractivity contribution in [3.8, 4) is 0 Å². The van der Waals surface area contributed by atoms with Crippen LogP contribution in [-0.4, -0.2) is 58.5 Å². The average molecular weight is 283 g/mol. The topological polar surface area (TPSA) is 104 Å². The second-order valence-corrected chi connectivity index (χ2v) is 5.72. The zero-order chi connectivity index (χ0) is 14.9. The molecule has 2 heterocycles. The lowest BCUT2D eigenvalue weighted by Gasteiger charge is -2.36. The van der Waals surface area contributed by atoms with Crippen molar-refractivity contribution in [2.24, 2.45) is 17.6 Å². The Hall–Kier alpha value is -1.79. The van der Waals surface area contributed by atoms with Crippen LogP contribution < -0.4 is 5.73 Å². The van der Waals surface area contributed by atoms with E-state index in [1.165, 1.54) is 9.80 Å². The highest BCUT2D eigenvalue weighted by Gasteiger charge is 2.40. The summed E-state index contributed by atoms with van der Waals surface area (Å²) < 4.78 is 0. The van der Waals surface area contributed by atoms with Crippen LogP contribution in [0.25, 0.3) is 0 Å². The molecule has 0 spiro atoms. The Labute approximate surface area is 117 Å². The van der Waals surface area contributed by atoms with Crippen LogP contribution in [0, 0.1) is 11.8 Å². The monoisotopic (exact) mass is 283 g/mol. The van der Waals surface area contributed by atoms with E-state index in [9.17, 15) is 14.4 Å². The zero-order valence-electron chi connectivity index (χ0n) is 11.6. The highest BCUT2D eigenvalue weighted by molar-refractivity contribution is 5.86. The summed E-state index contributed by atoms with van der Waals surface area (Å²) in [5.41, 5.74) is 5.35. The molecular weight excluding hydrogens is 262 g/mol. The summed E-state index contributed by atoms with van der Waals surface area (Å²) in [6, 6.07) is -0.820. The standard InChI is InChI=1S/C13H21N3O4/c1-8-6-15(7-9(8)12(18)19)13(20)16-5-3-2-4-10(16)11(14)17/h8-10H,2-7H2,1H3,(H2,14,17)(H,18,19). The van der Waals surface area contributed by atoms with Crippen molar-refractivity contribution in [3.63, 3.8) is 0 Å². The second-order valence-electron chi connectivity index (χ2n) is 5.72. The number of carbonyl (C=O) groups excluding carboxylic acids is 2. The number of nitrogens with zero attached hydrogens (tertiary/aromatic N) is 2. The van der Waals surface area contributed by atoms with Gasteiger partial charge in [0, 0.05) is 19.6 Å². The van der Waals surface area contributed by atoms with Gasteiger partial charge >= 0.3 is 12.0 Å². The number of likely N-dealkylation sites (tertiary alicyclic amines) is 2. The van der Waals surface area contributed by atoms with E-state index < -0.39 is 23.8 Å². The van der Waals surface area contributed by atoms with Crippen LogP contribution in [-0.2, 0) is 9.59 Å². The number of amides is 3. The lowest BCUT2D eigenvalue weighted by molar-refractivity contribution is -0.142. The first-order valence-corrected chi connectivity index (χ1v) is 6.99. The molecule has 2 aliphatic heterocycles. The summed E-state index contributed by atoms with van der Waals surface area (Å²) in [4.78, 5) is 38.1. The summed E-state index contributed by atoms with van der Waals surface area (Å²) in [5, 5.41) is 9.11. The number of hydrogen-bond donors (Lipinski definition) is 2. The van der Waals surface area contributed by atoms with E-state index in [0.717, 1.165) is 12.8 Å². The van der Waals surface area contributed by atoms with Gasteiger partial charge < -0.3 is 20.6 Å². The Morgan fingerprint density at radius 3 is 2.45 bits per heavy atom. The highest BCUT2D eigenvalue weighted by atomic mass is 16.4. The van der Waals surface area contributed by atoms with Gasteiger partial charge in [-0.05, 0) is 25.2 Å². The lowest BCUT2D eigenvalue weighted by Crippen LogP contribution is -2.54. The molecule has 2 aliphatic rings. The fraction of sp³-hybridized carbons (Fsp3) is 0.769. The van der Waals surface area contributed by atoms with Gasteiger partial charge in [0.05, 0.1) is 5.92 Å². The average Bonchev–Trinajstić information content (AvgIpc) is 2.80. The first kappa shape index (κ1) is 14.6. The molecule has 2 rings (SSSR count). The van der Waals surface area contributed by atoms with Crippen LogP contribution in [0.15, 0.2) is 0 Å². The number of nitrogens with two attached hydrogens (primary N) is 1. The molecule has 2 fully saturated rings. The maximum Gasteiger partial charge on any atom is 0.320 e. The molecule has 0 aromatic rings. The van der Waals surface area contributed by atoms with Crippen molar-refractivity contribution >= 4 is 17.9 Å². The largest absolute Gasteiger partial charge is 0.481 e. The molecule has 3 atom stereocenters. The van der Waals surface area contributed by atoms with Gasteiger partial charge in [-0.15, -0.1) is 0 Å². The maximum absolute atomic E-state index is 12.5. The third-order valence-corrected chi connectivity index (χ3v) is 4.28. The molecule has 0 aromatic heterocycles. The Kier molecular flexibility index (Phi) is 4.15. The van der Waals surface area contributed by atoms with Crippen molar-refractivity contribution in [2.45, 2.75) is 32.2 Å². The van der Waals surface area contributed by atoms with Crippen LogP contribution in [0.5, 0.6) is 0 Å². The molecule has 112 valence electrons. The molecule has 3 N–H and O–H groups in total. The number of carbonyl (C=O) groups is 3. The van der Waals surface area contributed by atoms with Crippen LogP contribution in [0.3, 0.4) is 0 Å². The fourth-order valence-electron chi connectivity index (χ4n) is 3.08. The SMILES string of the molecule is CC1CN(C(=O)N2CCCCC2C(N)=O)CC1C(=O)O. The minimum atomic E-state index is -0.877. The summed E-state index contributed by atoms with van der Waals surface area (Å²) in [7, 11) is 0. The first-order valence-electron chi connectivity index (χ1n) is 6.99. The van der Waals surface area contributed by atoms with Gasteiger partial charge in [-0.1, -0.05) is 6.92 Å². The van der Waals surface area contributed by atoms with E-state index >= 15 is 0 Å². The molecular formula is C13H21N3O4. The molecule has 20 heavy (non-hydrogen) atoms. The minimum Gasteiger partial charge on any atom is -0.481 e. The molecule has 0 aromatic carbocycles. The van der Waals surface area contributed by atoms with Crippen LogP contribution in [0.2, 0.25) is 0 Å². The second kappa shape index (κ2) is 5.68. The highest BCUT2D eigenvalue weighted by Crippen LogP contribution is 2.26. The number of hydrogen-bond acceptors (Lipinski definition) is 3. The van der Waals surface area contributed by atoms with Crippen LogP contribution >= 0.6 is 0 Å². The van der Waals surface area contributed by atoms with Gasteiger partial charge in [-0.25, -0.2) is 4.79 Å². The van der Waals surface area contributed by atoms with Gasteiger partial charge in [0.2, 0.25) is 5.91 Å². The molecule has 0 aliphatic carbocycles. The molecule has 2 saturated heterocycles. The normalized spacial score (nSPS) is 30.4. The third-order valence-electron chi connectivity index (χ3n) is 4.28. The fourth-order valence-corrected chi connectivity index (χ4v) is 3.08. The Morgan fingerprint density at radius 1 is 1.20 bits per heavy atom. The van der Waals surface area contributed by atoms with Gasteiger partial charge in [0.15, 0.2) is 0 Å². The quantitative estimate of drug-likeness (QED) is 0.750. The summed E-state index contributed by atoms with van der Waals surface area (Å²) in [6.07, 6.45) is 2.32. The van der Waals surface area contributed by atoms with Crippen molar-refractivity contribution in [1.82, 2.24) is 9.80 Å². The number of piperidine rings is 1. The predicted molar refractivity (Wildman–Crippen MR) is 70.8 cm³/mol. The van der Waals surface area contributed by atoms with E-state index in [1.54, 1.807) is 0 Å². The Morgan fingerprint density at radius 2 is 1.90 bits per heavy atom. The third kappa shape index (κ3) is 2.71. The summed E-state index contributed by atoms with van der Waals surface area (Å²) in [5.74, 6) is -1.97. The van der Waals surface area contributed by atoms with E-state index in [4.69, 9.17) is 10.8 Å². The zero-order valence-corrected chi connectivity index (χ0v) is 11.6. The Balaban J connectivity index is 2.07.